The molecule has 2 aromatic carbocycles. The number of halogens is 2. The van der Waals surface area contributed by atoms with E-state index >= 15 is 0 Å². The van der Waals surface area contributed by atoms with Crippen LogP contribution in [0.4, 0.5) is 5.69 Å². The third-order valence-corrected chi connectivity index (χ3v) is 3.17. The Morgan fingerprint density at radius 3 is 2.52 bits per heavy atom. The monoisotopic (exact) mass is 319 g/mol. The highest BCUT2D eigenvalue weighted by molar-refractivity contribution is 6.36. The Kier molecular flexibility index (Phi) is 5.10. The van der Waals surface area contributed by atoms with E-state index in [1.54, 1.807) is 42.5 Å². The summed E-state index contributed by atoms with van der Waals surface area (Å²) in [7, 11) is 0. The predicted molar refractivity (Wildman–Crippen MR) is 85.2 cm³/mol. The van der Waals surface area contributed by atoms with Crippen molar-refractivity contribution in [2.24, 2.45) is 0 Å². The van der Waals surface area contributed by atoms with Crippen LogP contribution in [0.15, 0.2) is 42.5 Å². The molecule has 0 aromatic heterocycles. The van der Waals surface area contributed by atoms with E-state index in [2.05, 4.69) is 11.2 Å². The van der Waals surface area contributed by atoms with E-state index in [-0.39, 0.29) is 12.5 Å². The maximum atomic E-state index is 12.1. The van der Waals surface area contributed by atoms with E-state index in [4.69, 9.17) is 34.4 Å². The lowest BCUT2D eigenvalue weighted by Crippen LogP contribution is -2.12. The predicted octanol–water partition coefficient (Wildman–Crippen LogP) is 4.26. The van der Waals surface area contributed by atoms with Crippen molar-refractivity contribution in [3.63, 3.8) is 0 Å². The summed E-state index contributed by atoms with van der Waals surface area (Å²) in [5.74, 6) is 2.70. The SMILES string of the molecule is C#CCOc1ccc(C(=O)Nc2ccc(Cl)cc2Cl)cc1. The summed E-state index contributed by atoms with van der Waals surface area (Å²) in [5.41, 5.74) is 0.979. The molecule has 0 aliphatic carbocycles. The number of nitrogens with one attached hydrogen (secondary N) is 1. The van der Waals surface area contributed by atoms with E-state index in [9.17, 15) is 4.79 Å². The summed E-state index contributed by atoms with van der Waals surface area (Å²) >= 11 is 11.8. The Bertz CT molecular complexity index is 690. The second-order valence-electron chi connectivity index (χ2n) is 4.10. The molecule has 0 unspecified atom stereocenters. The first-order valence-corrected chi connectivity index (χ1v) is 6.78. The van der Waals surface area contributed by atoms with Gasteiger partial charge in [-0.25, -0.2) is 0 Å². The van der Waals surface area contributed by atoms with Gasteiger partial charge in [-0.2, -0.15) is 0 Å². The molecule has 21 heavy (non-hydrogen) atoms. The Labute approximate surface area is 132 Å². The molecule has 0 aliphatic heterocycles. The van der Waals surface area contributed by atoms with Gasteiger partial charge in [0.2, 0.25) is 0 Å². The van der Waals surface area contributed by atoms with Gasteiger partial charge in [0.05, 0.1) is 10.7 Å². The number of benzene rings is 2. The zero-order valence-corrected chi connectivity index (χ0v) is 12.4. The number of ether oxygens (including phenoxy) is 1. The lowest BCUT2D eigenvalue weighted by Gasteiger charge is -2.08. The molecule has 1 amide bonds. The van der Waals surface area contributed by atoms with Crippen LogP contribution >= 0.6 is 23.2 Å². The molecule has 2 rings (SSSR count). The molecule has 0 saturated carbocycles. The van der Waals surface area contributed by atoms with Crippen LogP contribution in [0.3, 0.4) is 0 Å². The number of carbonyl (C=O) groups excluding carboxylic acids is 1. The minimum Gasteiger partial charge on any atom is -0.481 e. The van der Waals surface area contributed by atoms with Crippen LogP contribution in [0.2, 0.25) is 10.0 Å². The van der Waals surface area contributed by atoms with Gasteiger partial charge in [0, 0.05) is 10.6 Å². The molecule has 5 heteroatoms. The number of rotatable bonds is 4. The van der Waals surface area contributed by atoms with Crippen molar-refractivity contribution in [2.75, 3.05) is 11.9 Å². The lowest BCUT2D eigenvalue weighted by molar-refractivity contribution is 0.102. The molecule has 0 aliphatic rings. The molecular weight excluding hydrogens is 309 g/mol. The minimum absolute atomic E-state index is 0.186. The maximum Gasteiger partial charge on any atom is 0.255 e. The minimum atomic E-state index is -0.275. The van der Waals surface area contributed by atoms with Crippen molar-refractivity contribution in [2.45, 2.75) is 0 Å². The standard InChI is InChI=1S/C16H11Cl2NO2/c1-2-9-21-13-6-3-11(4-7-13)16(20)19-15-8-5-12(17)10-14(15)18/h1,3-8,10H,9H2,(H,19,20). The number of hydrogen-bond donors (Lipinski definition) is 1. The largest absolute Gasteiger partial charge is 0.481 e. The number of carbonyl (C=O) groups is 1. The highest BCUT2D eigenvalue weighted by atomic mass is 35.5. The van der Waals surface area contributed by atoms with Crippen molar-refractivity contribution in [1.29, 1.82) is 0 Å². The molecule has 0 radical (unpaired) electrons. The Morgan fingerprint density at radius 2 is 1.90 bits per heavy atom. The van der Waals surface area contributed by atoms with Crippen LogP contribution in [-0.4, -0.2) is 12.5 Å². The van der Waals surface area contributed by atoms with E-state index in [1.807, 2.05) is 0 Å². The van der Waals surface area contributed by atoms with Gasteiger partial charge in [-0.1, -0.05) is 29.1 Å². The summed E-state index contributed by atoms with van der Waals surface area (Å²) in [4.78, 5) is 12.1. The molecule has 0 saturated heterocycles. The van der Waals surface area contributed by atoms with E-state index in [0.717, 1.165) is 0 Å². The van der Waals surface area contributed by atoms with Gasteiger partial charge in [0.1, 0.15) is 12.4 Å². The molecule has 0 fully saturated rings. The average molecular weight is 320 g/mol. The summed E-state index contributed by atoms with van der Waals surface area (Å²) in [5, 5.41) is 3.60. The summed E-state index contributed by atoms with van der Waals surface area (Å²) in [6.45, 7) is 0.186. The smallest absolute Gasteiger partial charge is 0.255 e. The maximum absolute atomic E-state index is 12.1. The molecule has 2 aromatic rings. The fraction of sp³-hybridized carbons (Fsp3) is 0.0625. The van der Waals surface area contributed by atoms with Crippen molar-refractivity contribution in [1.82, 2.24) is 0 Å². The molecular formula is C16H11Cl2NO2. The summed E-state index contributed by atoms with van der Waals surface area (Å²) in [6.07, 6.45) is 5.10. The van der Waals surface area contributed by atoms with Crippen molar-refractivity contribution in [3.05, 3.63) is 58.1 Å². The molecule has 0 heterocycles. The van der Waals surface area contributed by atoms with Gasteiger partial charge >= 0.3 is 0 Å². The van der Waals surface area contributed by atoms with E-state index < -0.39 is 0 Å². The van der Waals surface area contributed by atoms with Gasteiger partial charge in [0.15, 0.2) is 0 Å². The van der Waals surface area contributed by atoms with Gasteiger partial charge in [0.25, 0.3) is 5.91 Å². The second kappa shape index (κ2) is 7.03. The summed E-state index contributed by atoms with van der Waals surface area (Å²) < 4.78 is 5.24. The van der Waals surface area contributed by atoms with Crippen LogP contribution in [0.5, 0.6) is 5.75 Å². The molecule has 1 N–H and O–H groups in total. The molecule has 0 bridgehead atoms. The third kappa shape index (κ3) is 4.16. The highest BCUT2D eigenvalue weighted by Crippen LogP contribution is 2.26. The second-order valence-corrected chi connectivity index (χ2v) is 4.94. The number of anilines is 1. The molecule has 106 valence electrons. The van der Waals surface area contributed by atoms with Gasteiger partial charge < -0.3 is 10.1 Å². The van der Waals surface area contributed by atoms with Crippen molar-refractivity contribution in [3.8, 4) is 18.1 Å². The Morgan fingerprint density at radius 1 is 1.19 bits per heavy atom. The van der Waals surface area contributed by atoms with Crippen LogP contribution < -0.4 is 10.1 Å². The highest BCUT2D eigenvalue weighted by Gasteiger charge is 2.09. The first-order chi connectivity index (χ1) is 10.1. The number of terminal acetylenes is 1. The first-order valence-electron chi connectivity index (χ1n) is 6.03. The lowest BCUT2D eigenvalue weighted by atomic mass is 10.2. The van der Waals surface area contributed by atoms with Gasteiger partial charge in [-0.3, -0.25) is 4.79 Å². The van der Waals surface area contributed by atoms with Gasteiger partial charge in [-0.05, 0) is 42.5 Å². The number of hydrogen-bond acceptors (Lipinski definition) is 2. The third-order valence-electron chi connectivity index (χ3n) is 2.62. The Hall–Kier alpha value is -2.15. The van der Waals surface area contributed by atoms with E-state index in [1.165, 1.54) is 0 Å². The number of amides is 1. The van der Waals surface area contributed by atoms with Gasteiger partial charge in [-0.15, -0.1) is 6.42 Å². The van der Waals surface area contributed by atoms with Crippen molar-refractivity contribution >= 4 is 34.8 Å². The van der Waals surface area contributed by atoms with E-state index in [0.29, 0.717) is 27.0 Å². The summed E-state index contributed by atoms with van der Waals surface area (Å²) in [6, 6.07) is 11.5. The van der Waals surface area contributed by atoms with Crippen LogP contribution in [-0.2, 0) is 0 Å². The zero-order chi connectivity index (χ0) is 15.2. The normalized spacial score (nSPS) is 9.76. The molecule has 0 atom stereocenters. The topological polar surface area (TPSA) is 38.3 Å². The molecule has 3 nitrogen and oxygen atoms in total. The fourth-order valence-electron chi connectivity index (χ4n) is 1.61. The zero-order valence-electron chi connectivity index (χ0n) is 10.9. The molecule has 0 spiro atoms. The fourth-order valence-corrected chi connectivity index (χ4v) is 2.07. The Balaban J connectivity index is 2.08. The quantitative estimate of drug-likeness (QED) is 0.855. The van der Waals surface area contributed by atoms with Crippen LogP contribution in [0, 0.1) is 12.3 Å². The van der Waals surface area contributed by atoms with Crippen LogP contribution in [0.1, 0.15) is 10.4 Å². The van der Waals surface area contributed by atoms with Crippen molar-refractivity contribution < 1.29 is 9.53 Å². The first kappa shape index (κ1) is 15.2. The average Bonchev–Trinajstić information content (AvgIpc) is 2.48. The van der Waals surface area contributed by atoms with Crippen LogP contribution in [0.25, 0.3) is 0 Å².